The van der Waals surface area contributed by atoms with Crippen LogP contribution in [0, 0.1) is 0 Å². The average molecular weight is 369 g/mol. The second kappa shape index (κ2) is 7.28. The summed E-state index contributed by atoms with van der Waals surface area (Å²) < 4.78 is 15.5. The molecule has 0 aliphatic rings. The standard InChI is InChI=1S/C19H15NO7/c1-11(21)26-13-5-3-12(4-6-13)9-17(22)20-16-10-14(25-2)7-8-15(16)18(23)27-19(20)24/h3-8,10H,9H2,1-2H3. The Bertz CT molecular complexity index is 1140. The maximum atomic E-state index is 12.7. The Balaban J connectivity index is 1.99. The highest BCUT2D eigenvalue weighted by molar-refractivity contribution is 5.91. The molecule has 0 fully saturated rings. The van der Waals surface area contributed by atoms with Crippen LogP contribution >= 0.6 is 0 Å². The number of fused-ring (bicyclic) bond motifs is 1. The van der Waals surface area contributed by atoms with Gasteiger partial charge in [-0.3, -0.25) is 9.59 Å². The highest BCUT2D eigenvalue weighted by atomic mass is 16.5. The van der Waals surface area contributed by atoms with Crippen LogP contribution in [0.15, 0.2) is 56.5 Å². The van der Waals surface area contributed by atoms with Gasteiger partial charge in [-0.25, -0.2) is 14.2 Å². The molecule has 0 radical (unpaired) electrons. The van der Waals surface area contributed by atoms with Crippen LogP contribution in [0.25, 0.3) is 10.9 Å². The third-order valence-corrected chi connectivity index (χ3v) is 3.82. The second-order valence-electron chi connectivity index (χ2n) is 5.68. The van der Waals surface area contributed by atoms with E-state index in [1.165, 1.54) is 32.2 Å². The maximum absolute atomic E-state index is 12.7. The van der Waals surface area contributed by atoms with Gasteiger partial charge in [-0.1, -0.05) is 12.1 Å². The lowest BCUT2D eigenvalue weighted by molar-refractivity contribution is -0.131. The minimum absolute atomic E-state index is 0.0916. The van der Waals surface area contributed by atoms with E-state index >= 15 is 0 Å². The van der Waals surface area contributed by atoms with Gasteiger partial charge in [0.1, 0.15) is 11.5 Å². The number of carbonyl (C=O) groups excluding carboxylic acids is 2. The van der Waals surface area contributed by atoms with Crippen molar-refractivity contribution < 1.29 is 23.5 Å². The largest absolute Gasteiger partial charge is 0.497 e. The van der Waals surface area contributed by atoms with Crippen molar-refractivity contribution >= 4 is 22.8 Å². The Morgan fingerprint density at radius 3 is 2.33 bits per heavy atom. The molecule has 0 aliphatic heterocycles. The zero-order valence-corrected chi connectivity index (χ0v) is 14.6. The first-order chi connectivity index (χ1) is 12.9. The van der Waals surface area contributed by atoms with E-state index in [4.69, 9.17) is 9.47 Å². The molecule has 0 aliphatic carbocycles. The lowest BCUT2D eigenvalue weighted by Gasteiger charge is -2.09. The predicted molar refractivity (Wildman–Crippen MR) is 95.4 cm³/mol. The molecule has 3 aromatic rings. The van der Waals surface area contributed by atoms with Gasteiger partial charge in [-0.2, -0.15) is 0 Å². The number of aromatic nitrogens is 1. The summed E-state index contributed by atoms with van der Waals surface area (Å²) >= 11 is 0. The van der Waals surface area contributed by atoms with Gasteiger partial charge < -0.3 is 13.9 Å². The molecule has 1 heterocycles. The van der Waals surface area contributed by atoms with Gasteiger partial charge in [0, 0.05) is 13.0 Å². The van der Waals surface area contributed by atoms with Crippen molar-refractivity contribution in [1.82, 2.24) is 4.57 Å². The third kappa shape index (κ3) is 3.79. The van der Waals surface area contributed by atoms with Crippen LogP contribution in [0.4, 0.5) is 0 Å². The van der Waals surface area contributed by atoms with Crippen molar-refractivity contribution in [3.63, 3.8) is 0 Å². The van der Waals surface area contributed by atoms with Gasteiger partial charge in [0.05, 0.1) is 24.4 Å². The first-order valence-electron chi connectivity index (χ1n) is 7.93. The molecular formula is C19H15NO7. The zero-order valence-electron chi connectivity index (χ0n) is 14.6. The number of ether oxygens (including phenoxy) is 2. The summed E-state index contributed by atoms with van der Waals surface area (Å²) in [5.74, 6) is -1.37. The smallest absolute Gasteiger partial charge is 0.429 e. The van der Waals surface area contributed by atoms with Crippen LogP contribution in [0.3, 0.4) is 0 Å². The number of methoxy groups -OCH3 is 1. The number of hydrogen-bond donors (Lipinski definition) is 0. The summed E-state index contributed by atoms with van der Waals surface area (Å²) in [5, 5.41) is 0.0916. The van der Waals surface area contributed by atoms with Crippen molar-refractivity contribution in [3.05, 3.63) is 69.0 Å². The van der Waals surface area contributed by atoms with Crippen molar-refractivity contribution in [3.8, 4) is 11.5 Å². The molecule has 0 saturated heterocycles. The first kappa shape index (κ1) is 18.1. The average Bonchev–Trinajstić information content (AvgIpc) is 2.62. The van der Waals surface area contributed by atoms with Crippen LogP contribution in [0.5, 0.6) is 11.5 Å². The molecule has 0 unspecified atom stereocenters. The summed E-state index contributed by atoms with van der Waals surface area (Å²) in [7, 11) is 1.43. The van der Waals surface area contributed by atoms with Gasteiger partial charge in [-0.05, 0) is 29.8 Å². The molecule has 8 heteroatoms. The van der Waals surface area contributed by atoms with Crippen LogP contribution in [0.2, 0.25) is 0 Å². The highest BCUT2D eigenvalue weighted by Crippen LogP contribution is 2.18. The third-order valence-electron chi connectivity index (χ3n) is 3.82. The van der Waals surface area contributed by atoms with Gasteiger partial charge in [0.15, 0.2) is 0 Å². The van der Waals surface area contributed by atoms with Crippen molar-refractivity contribution in [2.75, 3.05) is 7.11 Å². The second-order valence-corrected chi connectivity index (χ2v) is 5.68. The summed E-state index contributed by atoms with van der Waals surface area (Å²) in [4.78, 5) is 47.7. The number of nitrogens with zero attached hydrogens (tertiary/aromatic N) is 1. The maximum Gasteiger partial charge on any atom is 0.429 e. The van der Waals surface area contributed by atoms with Crippen molar-refractivity contribution in [2.45, 2.75) is 13.3 Å². The number of benzene rings is 2. The summed E-state index contributed by atoms with van der Waals surface area (Å²) in [6, 6.07) is 10.7. The van der Waals surface area contributed by atoms with Crippen LogP contribution in [-0.4, -0.2) is 23.6 Å². The van der Waals surface area contributed by atoms with Crippen LogP contribution in [-0.2, 0) is 11.2 Å². The minimum atomic E-state index is -1.07. The Morgan fingerprint density at radius 2 is 1.70 bits per heavy atom. The Kier molecular flexibility index (Phi) is 4.89. The summed E-state index contributed by atoms with van der Waals surface area (Å²) in [6.07, 6.45) is -0.125. The van der Waals surface area contributed by atoms with Crippen molar-refractivity contribution in [2.24, 2.45) is 0 Å². The number of carbonyl (C=O) groups is 2. The van der Waals surface area contributed by atoms with Gasteiger partial charge in [-0.15, -0.1) is 0 Å². The molecule has 0 saturated carbocycles. The van der Waals surface area contributed by atoms with E-state index in [9.17, 15) is 19.2 Å². The number of rotatable bonds is 4. The molecule has 3 rings (SSSR count). The van der Waals surface area contributed by atoms with E-state index in [-0.39, 0.29) is 17.3 Å². The van der Waals surface area contributed by atoms with Crippen molar-refractivity contribution in [1.29, 1.82) is 0 Å². The lowest BCUT2D eigenvalue weighted by Crippen LogP contribution is -2.31. The monoisotopic (exact) mass is 369 g/mol. The van der Waals surface area contributed by atoms with Crippen LogP contribution in [0.1, 0.15) is 17.3 Å². The van der Waals surface area contributed by atoms with E-state index in [2.05, 4.69) is 4.42 Å². The molecule has 8 nitrogen and oxygen atoms in total. The molecule has 2 aromatic carbocycles. The normalized spacial score (nSPS) is 10.6. The van der Waals surface area contributed by atoms with Crippen LogP contribution < -0.4 is 20.9 Å². The molecule has 1 aromatic heterocycles. The Morgan fingerprint density at radius 1 is 1.04 bits per heavy atom. The van der Waals surface area contributed by atoms with E-state index in [0.717, 1.165) is 4.57 Å². The molecule has 0 atom stereocenters. The van der Waals surface area contributed by atoms with E-state index < -0.39 is 23.3 Å². The quantitative estimate of drug-likeness (QED) is 0.510. The molecule has 0 bridgehead atoms. The fourth-order valence-corrected chi connectivity index (χ4v) is 2.61. The van der Waals surface area contributed by atoms with Gasteiger partial charge in [0.25, 0.3) is 0 Å². The SMILES string of the molecule is COc1ccc2c(=O)oc(=O)n(C(=O)Cc3ccc(OC(C)=O)cc3)c2c1. The molecule has 0 N–H and O–H groups in total. The Labute approximate surface area is 152 Å². The predicted octanol–water partition coefficient (Wildman–Crippen LogP) is 1.77. The highest BCUT2D eigenvalue weighted by Gasteiger charge is 2.17. The Hall–Kier alpha value is -3.68. The fourth-order valence-electron chi connectivity index (χ4n) is 2.61. The van der Waals surface area contributed by atoms with Gasteiger partial charge in [0.2, 0.25) is 5.91 Å². The lowest BCUT2D eigenvalue weighted by atomic mass is 10.1. The molecule has 0 amide bonds. The number of hydrogen-bond acceptors (Lipinski definition) is 7. The first-order valence-corrected chi connectivity index (χ1v) is 7.93. The van der Waals surface area contributed by atoms with E-state index in [0.29, 0.717) is 17.1 Å². The molecule has 138 valence electrons. The fraction of sp³-hybridized carbons (Fsp3) is 0.158. The number of esters is 1. The molecule has 27 heavy (non-hydrogen) atoms. The zero-order chi connectivity index (χ0) is 19.6. The summed E-state index contributed by atoms with van der Waals surface area (Å²) in [6.45, 7) is 1.28. The van der Waals surface area contributed by atoms with E-state index in [1.54, 1.807) is 24.3 Å². The topological polar surface area (TPSA) is 105 Å². The molecular weight excluding hydrogens is 354 g/mol. The van der Waals surface area contributed by atoms with E-state index in [1.807, 2.05) is 0 Å². The summed E-state index contributed by atoms with van der Waals surface area (Å²) in [5.41, 5.74) is -0.130. The minimum Gasteiger partial charge on any atom is -0.497 e. The van der Waals surface area contributed by atoms with Gasteiger partial charge >= 0.3 is 17.4 Å². The molecule has 0 spiro atoms.